The number of carbonyl (C=O) groups excluding carboxylic acids is 1. The Labute approximate surface area is 67.1 Å². The topological polar surface area (TPSA) is 32.7 Å². The van der Waals surface area contributed by atoms with Gasteiger partial charge in [0.1, 0.15) is 5.78 Å². The van der Waals surface area contributed by atoms with E-state index >= 15 is 0 Å². The Morgan fingerprint density at radius 3 is 2.91 bits per heavy atom. The first-order valence-electron chi connectivity index (χ1n) is 3.94. The zero-order valence-corrected chi connectivity index (χ0v) is 7.13. The maximum atomic E-state index is 11.0. The maximum Gasteiger partial charge on any atom is 0.136 e. The van der Waals surface area contributed by atoms with Crippen LogP contribution in [0, 0.1) is 0 Å². The van der Waals surface area contributed by atoms with Gasteiger partial charge in [-0.3, -0.25) is 9.79 Å². The van der Waals surface area contributed by atoms with Crippen LogP contribution in [0.3, 0.4) is 0 Å². The molecule has 0 aromatic carbocycles. The molecule has 1 heterocycles. The van der Waals surface area contributed by atoms with E-state index in [9.17, 15) is 4.79 Å². The number of hydrogen-bond donors (Lipinski definition) is 0. The lowest BCUT2D eigenvalue weighted by Gasteiger charge is -2.19. The van der Waals surface area contributed by atoms with E-state index in [2.05, 4.69) is 4.99 Å². The molecule has 0 saturated carbocycles. The van der Waals surface area contributed by atoms with Crippen LogP contribution in [-0.4, -0.2) is 36.7 Å². The van der Waals surface area contributed by atoms with Crippen LogP contribution in [0.15, 0.2) is 4.99 Å². The van der Waals surface area contributed by atoms with Crippen LogP contribution in [0.4, 0.5) is 0 Å². The molecule has 0 N–H and O–H groups in total. The second-order valence-electron chi connectivity index (χ2n) is 2.89. The van der Waals surface area contributed by atoms with Crippen LogP contribution in [0.25, 0.3) is 0 Å². The third-order valence-corrected chi connectivity index (χ3v) is 2.01. The van der Waals surface area contributed by atoms with E-state index < -0.39 is 0 Å². The van der Waals surface area contributed by atoms with Gasteiger partial charge in [0, 0.05) is 33.0 Å². The first kappa shape index (κ1) is 8.24. The third kappa shape index (κ3) is 2.33. The van der Waals surface area contributed by atoms with Gasteiger partial charge < -0.3 is 4.90 Å². The number of Topliss-reactive ketones (excluding diaryl/α,β-unsaturated/α-hetero) is 1. The van der Waals surface area contributed by atoms with E-state index in [1.165, 1.54) is 0 Å². The minimum Gasteiger partial charge on any atom is -0.363 e. The molecule has 0 fully saturated rings. The van der Waals surface area contributed by atoms with Gasteiger partial charge in [0.25, 0.3) is 0 Å². The predicted octanol–water partition coefficient (Wildman–Crippen LogP) is 0.700. The lowest BCUT2D eigenvalue weighted by molar-refractivity contribution is -0.119. The van der Waals surface area contributed by atoms with Crippen molar-refractivity contribution in [3.8, 4) is 0 Å². The van der Waals surface area contributed by atoms with Gasteiger partial charge in [-0.25, -0.2) is 0 Å². The fraction of sp³-hybridized carbons (Fsp3) is 0.750. The average Bonchev–Trinajstić information content (AvgIpc) is 1.98. The predicted molar refractivity (Wildman–Crippen MR) is 44.8 cm³/mol. The van der Waals surface area contributed by atoms with Gasteiger partial charge >= 0.3 is 0 Å². The Morgan fingerprint density at radius 1 is 1.45 bits per heavy atom. The fourth-order valence-electron chi connectivity index (χ4n) is 1.04. The highest BCUT2D eigenvalue weighted by atomic mass is 16.1. The summed E-state index contributed by atoms with van der Waals surface area (Å²) in [6.45, 7) is 3.46. The van der Waals surface area contributed by atoms with E-state index in [0.29, 0.717) is 25.2 Å². The summed E-state index contributed by atoms with van der Waals surface area (Å²) >= 11 is 0. The van der Waals surface area contributed by atoms with Crippen molar-refractivity contribution in [2.75, 3.05) is 20.1 Å². The van der Waals surface area contributed by atoms with Crippen LogP contribution >= 0.6 is 0 Å². The summed E-state index contributed by atoms with van der Waals surface area (Å²) in [6, 6.07) is 0. The maximum absolute atomic E-state index is 11.0. The molecule has 3 heteroatoms. The van der Waals surface area contributed by atoms with E-state index in [-0.39, 0.29) is 0 Å². The molecule has 0 spiro atoms. The lowest BCUT2D eigenvalue weighted by atomic mass is 10.2. The molecule has 11 heavy (non-hydrogen) atoms. The summed E-state index contributed by atoms with van der Waals surface area (Å²) in [5.74, 6) is 1.37. The molecular weight excluding hydrogens is 140 g/mol. The van der Waals surface area contributed by atoms with Crippen molar-refractivity contribution < 1.29 is 4.79 Å². The largest absolute Gasteiger partial charge is 0.363 e. The van der Waals surface area contributed by atoms with E-state index in [1.54, 1.807) is 0 Å². The van der Waals surface area contributed by atoms with Crippen molar-refractivity contribution in [2.45, 2.75) is 19.8 Å². The average molecular weight is 154 g/mol. The van der Waals surface area contributed by atoms with Crippen molar-refractivity contribution in [2.24, 2.45) is 4.99 Å². The molecule has 0 aromatic heterocycles. The Hall–Kier alpha value is -0.860. The van der Waals surface area contributed by atoms with Gasteiger partial charge in [-0.15, -0.1) is 0 Å². The number of nitrogens with zero attached hydrogens (tertiary/aromatic N) is 2. The molecule has 0 aliphatic carbocycles. The van der Waals surface area contributed by atoms with Crippen molar-refractivity contribution in [3.05, 3.63) is 0 Å². The Kier molecular flexibility index (Phi) is 2.63. The standard InChI is InChI=1S/C8H14N2O/c1-7-9-5-3-8(11)4-6-10(7)2/h3-6H2,1-2H3/b9-7-. The number of carbonyl (C=O) groups is 1. The van der Waals surface area contributed by atoms with Crippen molar-refractivity contribution in [3.63, 3.8) is 0 Å². The summed E-state index contributed by atoms with van der Waals surface area (Å²) in [4.78, 5) is 17.3. The summed E-state index contributed by atoms with van der Waals surface area (Å²) in [5, 5.41) is 0. The first-order chi connectivity index (χ1) is 5.20. The van der Waals surface area contributed by atoms with Crippen LogP contribution in [0.5, 0.6) is 0 Å². The summed E-state index contributed by atoms with van der Waals surface area (Å²) < 4.78 is 0. The second kappa shape index (κ2) is 3.51. The highest BCUT2D eigenvalue weighted by Crippen LogP contribution is 2.00. The number of hydrogen-bond acceptors (Lipinski definition) is 3. The molecule has 1 aliphatic rings. The summed E-state index contributed by atoms with van der Waals surface area (Å²) in [5.41, 5.74) is 0. The number of amidine groups is 1. The van der Waals surface area contributed by atoms with E-state index in [1.807, 2.05) is 18.9 Å². The smallest absolute Gasteiger partial charge is 0.136 e. The second-order valence-corrected chi connectivity index (χ2v) is 2.89. The Balaban J connectivity index is 2.59. The lowest BCUT2D eigenvalue weighted by Crippen LogP contribution is -2.29. The number of aliphatic imine (C=N–C) groups is 1. The SMILES string of the molecule is C/C1=N/CCC(=O)CCN1C. The number of ketones is 1. The van der Waals surface area contributed by atoms with Crippen molar-refractivity contribution in [1.29, 1.82) is 0 Å². The minimum atomic E-state index is 0.327. The fourth-order valence-corrected chi connectivity index (χ4v) is 1.04. The van der Waals surface area contributed by atoms with Gasteiger partial charge in [0.2, 0.25) is 0 Å². The molecule has 0 radical (unpaired) electrons. The van der Waals surface area contributed by atoms with Crippen LogP contribution in [0.2, 0.25) is 0 Å². The molecule has 1 rings (SSSR count). The minimum absolute atomic E-state index is 0.327. The quantitative estimate of drug-likeness (QED) is 0.514. The zero-order chi connectivity index (χ0) is 8.27. The van der Waals surface area contributed by atoms with Gasteiger partial charge in [-0.1, -0.05) is 0 Å². The Morgan fingerprint density at radius 2 is 2.18 bits per heavy atom. The summed E-state index contributed by atoms with van der Waals surface area (Å²) in [6.07, 6.45) is 1.29. The monoisotopic (exact) mass is 154 g/mol. The molecule has 62 valence electrons. The molecule has 1 aliphatic heterocycles. The van der Waals surface area contributed by atoms with E-state index in [0.717, 1.165) is 12.4 Å². The molecule has 0 aromatic rings. The molecular formula is C8H14N2O. The highest BCUT2D eigenvalue weighted by molar-refractivity contribution is 5.83. The van der Waals surface area contributed by atoms with Crippen LogP contribution in [0.1, 0.15) is 19.8 Å². The third-order valence-electron chi connectivity index (χ3n) is 2.01. The summed E-state index contributed by atoms with van der Waals surface area (Å²) in [7, 11) is 1.97. The molecule has 0 atom stereocenters. The van der Waals surface area contributed by atoms with Gasteiger partial charge in [-0.2, -0.15) is 0 Å². The normalized spacial score (nSPS) is 25.5. The highest BCUT2D eigenvalue weighted by Gasteiger charge is 2.08. The van der Waals surface area contributed by atoms with E-state index in [4.69, 9.17) is 0 Å². The van der Waals surface area contributed by atoms with Crippen LogP contribution in [-0.2, 0) is 4.79 Å². The molecule has 0 saturated heterocycles. The van der Waals surface area contributed by atoms with Crippen LogP contribution < -0.4 is 0 Å². The molecule has 0 unspecified atom stereocenters. The molecule has 0 bridgehead atoms. The molecule has 3 nitrogen and oxygen atoms in total. The molecule has 0 amide bonds. The van der Waals surface area contributed by atoms with Crippen molar-refractivity contribution >= 4 is 11.6 Å². The Bertz CT molecular complexity index is 187. The van der Waals surface area contributed by atoms with Gasteiger partial charge in [0.15, 0.2) is 0 Å². The first-order valence-corrected chi connectivity index (χ1v) is 3.94. The van der Waals surface area contributed by atoms with Gasteiger partial charge in [0.05, 0.1) is 5.84 Å². The zero-order valence-electron chi connectivity index (χ0n) is 7.13. The van der Waals surface area contributed by atoms with Crippen molar-refractivity contribution in [1.82, 2.24) is 4.90 Å². The van der Waals surface area contributed by atoms with Gasteiger partial charge in [-0.05, 0) is 6.92 Å². The number of rotatable bonds is 0.